The maximum atomic E-state index is 12.7. The minimum atomic E-state index is -0.480. The highest BCUT2D eigenvalue weighted by atomic mass is 32.1. The molecular formula is C18H15N5O4S. The summed E-state index contributed by atoms with van der Waals surface area (Å²) in [5.74, 6) is 0.165. The molecule has 4 aromatic rings. The van der Waals surface area contributed by atoms with E-state index in [0.29, 0.717) is 16.5 Å². The molecule has 0 radical (unpaired) electrons. The number of carbonyl (C=O) groups is 1. The second-order valence-electron chi connectivity index (χ2n) is 6.16. The number of amides is 1. The van der Waals surface area contributed by atoms with Gasteiger partial charge in [0.05, 0.1) is 23.5 Å². The number of nitrogens with one attached hydrogen (secondary N) is 1. The number of fused-ring (bicyclic) bond motifs is 1. The average molecular weight is 397 g/mol. The van der Waals surface area contributed by atoms with Gasteiger partial charge in [0, 0.05) is 19.0 Å². The standard InChI is InChI=1S/C18H15N5O4S/c1-9-13(21-16(28-9)12-5-4-6-27-12)15(24)20-10-7-11-14(19-8-10)22(2)18(26)23(3)17(11)25/h4-8H,1-3H3,(H,20,24). The molecule has 0 spiro atoms. The number of hydrogen-bond donors (Lipinski definition) is 1. The van der Waals surface area contributed by atoms with Crippen LogP contribution < -0.4 is 16.6 Å². The summed E-state index contributed by atoms with van der Waals surface area (Å²) < 4.78 is 7.60. The molecule has 4 heterocycles. The van der Waals surface area contributed by atoms with Crippen LogP contribution in [0.25, 0.3) is 21.8 Å². The summed E-state index contributed by atoms with van der Waals surface area (Å²) in [7, 11) is 2.92. The van der Waals surface area contributed by atoms with Crippen LogP contribution in [-0.4, -0.2) is 25.0 Å². The highest BCUT2D eigenvalue weighted by Gasteiger charge is 2.18. The van der Waals surface area contributed by atoms with Crippen molar-refractivity contribution in [3.8, 4) is 10.8 Å². The number of hydrogen-bond acceptors (Lipinski definition) is 7. The lowest BCUT2D eigenvalue weighted by atomic mass is 10.3. The van der Waals surface area contributed by atoms with Gasteiger partial charge in [-0.25, -0.2) is 14.8 Å². The molecule has 0 saturated heterocycles. The largest absolute Gasteiger partial charge is 0.462 e. The zero-order chi connectivity index (χ0) is 20.0. The van der Waals surface area contributed by atoms with Gasteiger partial charge in [-0.3, -0.25) is 18.7 Å². The van der Waals surface area contributed by atoms with Crippen LogP contribution in [0, 0.1) is 6.92 Å². The Hall–Kier alpha value is -3.53. The quantitative estimate of drug-likeness (QED) is 0.565. The number of furan rings is 1. The lowest BCUT2D eigenvalue weighted by molar-refractivity contribution is 0.102. The second-order valence-corrected chi connectivity index (χ2v) is 7.36. The van der Waals surface area contributed by atoms with E-state index in [0.717, 1.165) is 9.44 Å². The first-order valence-corrected chi connectivity index (χ1v) is 9.07. The molecule has 28 heavy (non-hydrogen) atoms. The van der Waals surface area contributed by atoms with Gasteiger partial charge in [-0.1, -0.05) is 0 Å². The van der Waals surface area contributed by atoms with Crippen molar-refractivity contribution in [2.75, 3.05) is 5.32 Å². The summed E-state index contributed by atoms with van der Waals surface area (Å²) in [6, 6.07) is 5.02. The Morgan fingerprint density at radius 2 is 2.04 bits per heavy atom. The van der Waals surface area contributed by atoms with Crippen LogP contribution in [0.15, 0.2) is 44.7 Å². The van der Waals surface area contributed by atoms with E-state index in [1.54, 1.807) is 25.3 Å². The molecule has 9 nitrogen and oxygen atoms in total. The van der Waals surface area contributed by atoms with Crippen molar-refractivity contribution in [2.45, 2.75) is 6.92 Å². The van der Waals surface area contributed by atoms with Gasteiger partial charge in [0.2, 0.25) is 0 Å². The first kappa shape index (κ1) is 17.9. The molecule has 0 aliphatic rings. The van der Waals surface area contributed by atoms with E-state index >= 15 is 0 Å². The molecule has 4 aromatic heterocycles. The van der Waals surface area contributed by atoms with E-state index < -0.39 is 17.2 Å². The van der Waals surface area contributed by atoms with E-state index in [9.17, 15) is 14.4 Å². The van der Waals surface area contributed by atoms with E-state index in [4.69, 9.17) is 4.42 Å². The van der Waals surface area contributed by atoms with Crippen LogP contribution in [0.2, 0.25) is 0 Å². The molecule has 0 aromatic carbocycles. The molecule has 1 amide bonds. The zero-order valence-corrected chi connectivity index (χ0v) is 16.0. The highest BCUT2D eigenvalue weighted by Crippen LogP contribution is 2.28. The number of aromatic nitrogens is 4. The van der Waals surface area contributed by atoms with E-state index in [-0.39, 0.29) is 16.7 Å². The molecule has 10 heteroatoms. The Bertz CT molecular complexity index is 1330. The van der Waals surface area contributed by atoms with Gasteiger partial charge < -0.3 is 9.73 Å². The van der Waals surface area contributed by atoms with Crippen molar-refractivity contribution in [1.29, 1.82) is 0 Å². The van der Waals surface area contributed by atoms with Crippen molar-refractivity contribution in [1.82, 2.24) is 19.1 Å². The molecule has 0 aliphatic carbocycles. The fraction of sp³-hybridized carbons (Fsp3) is 0.167. The van der Waals surface area contributed by atoms with Crippen LogP contribution in [-0.2, 0) is 14.1 Å². The Kier molecular flexibility index (Phi) is 4.19. The summed E-state index contributed by atoms with van der Waals surface area (Å²) in [6.45, 7) is 1.79. The van der Waals surface area contributed by atoms with E-state index in [2.05, 4.69) is 15.3 Å². The lowest BCUT2D eigenvalue weighted by Gasteiger charge is -2.08. The minimum absolute atomic E-state index is 0.230. The number of nitrogens with zero attached hydrogens (tertiary/aromatic N) is 4. The van der Waals surface area contributed by atoms with Crippen LogP contribution in [0.5, 0.6) is 0 Å². The van der Waals surface area contributed by atoms with Crippen LogP contribution in [0.1, 0.15) is 15.4 Å². The molecule has 0 aliphatic heterocycles. The van der Waals surface area contributed by atoms with Crippen molar-refractivity contribution in [3.05, 3.63) is 62.1 Å². The average Bonchev–Trinajstić information content (AvgIpc) is 3.34. The van der Waals surface area contributed by atoms with Crippen LogP contribution in [0.3, 0.4) is 0 Å². The Morgan fingerprint density at radius 3 is 2.75 bits per heavy atom. The fourth-order valence-electron chi connectivity index (χ4n) is 2.84. The number of anilines is 1. The molecule has 0 atom stereocenters. The van der Waals surface area contributed by atoms with Gasteiger partial charge in [-0.05, 0) is 25.1 Å². The van der Waals surface area contributed by atoms with Gasteiger partial charge >= 0.3 is 5.69 Å². The van der Waals surface area contributed by atoms with Crippen molar-refractivity contribution >= 4 is 34.0 Å². The summed E-state index contributed by atoms with van der Waals surface area (Å²) in [4.78, 5) is 46.3. The molecule has 142 valence electrons. The molecule has 0 unspecified atom stereocenters. The SMILES string of the molecule is Cc1sc(-c2ccco2)nc1C(=O)Nc1cnc2c(c1)c(=O)n(C)c(=O)n2C. The third-order valence-corrected chi connectivity index (χ3v) is 5.28. The van der Waals surface area contributed by atoms with Crippen LogP contribution >= 0.6 is 11.3 Å². The first-order valence-electron chi connectivity index (χ1n) is 8.25. The smallest absolute Gasteiger partial charge is 0.332 e. The van der Waals surface area contributed by atoms with Gasteiger partial charge in [-0.15, -0.1) is 11.3 Å². The topological polar surface area (TPSA) is 112 Å². The lowest BCUT2D eigenvalue weighted by Crippen LogP contribution is -2.37. The summed E-state index contributed by atoms with van der Waals surface area (Å²) in [5, 5.41) is 3.54. The Balaban J connectivity index is 1.70. The number of thiazole rings is 1. The monoisotopic (exact) mass is 397 g/mol. The molecular weight excluding hydrogens is 382 g/mol. The highest BCUT2D eigenvalue weighted by molar-refractivity contribution is 7.15. The van der Waals surface area contributed by atoms with Gasteiger partial charge in [0.25, 0.3) is 11.5 Å². The van der Waals surface area contributed by atoms with Gasteiger partial charge in [0.1, 0.15) is 11.3 Å². The third-order valence-electron chi connectivity index (χ3n) is 4.29. The van der Waals surface area contributed by atoms with E-state index in [1.807, 2.05) is 0 Å². The van der Waals surface area contributed by atoms with Gasteiger partial charge in [-0.2, -0.15) is 0 Å². The van der Waals surface area contributed by atoms with Gasteiger partial charge in [0.15, 0.2) is 10.8 Å². The molecule has 4 rings (SSSR count). The zero-order valence-electron chi connectivity index (χ0n) is 15.2. The Morgan fingerprint density at radius 1 is 1.25 bits per heavy atom. The number of pyridine rings is 1. The normalized spacial score (nSPS) is 11.1. The molecule has 0 bridgehead atoms. The second kappa shape index (κ2) is 6.57. The first-order chi connectivity index (χ1) is 13.4. The van der Waals surface area contributed by atoms with Crippen LogP contribution in [0.4, 0.5) is 5.69 Å². The van der Waals surface area contributed by atoms with E-state index in [1.165, 1.54) is 42.3 Å². The predicted molar refractivity (Wildman–Crippen MR) is 105 cm³/mol. The molecule has 0 fully saturated rings. The predicted octanol–water partition coefficient (Wildman–Crippen LogP) is 1.91. The van der Waals surface area contributed by atoms with Crippen molar-refractivity contribution < 1.29 is 9.21 Å². The van der Waals surface area contributed by atoms with Crippen molar-refractivity contribution in [2.24, 2.45) is 14.1 Å². The summed E-state index contributed by atoms with van der Waals surface area (Å²) in [5.41, 5.74) is -0.0990. The minimum Gasteiger partial charge on any atom is -0.462 e. The maximum Gasteiger partial charge on any atom is 0.332 e. The molecule has 1 N–H and O–H groups in total. The summed E-state index contributed by atoms with van der Waals surface area (Å²) in [6.07, 6.45) is 2.94. The summed E-state index contributed by atoms with van der Waals surface area (Å²) >= 11 is 1.35. The number of aryl methyl sites for hydroxylation is 2. The number of carbonyl (C=O) groups excluding carboxylic acids is 1. The maximum absolute atomic E-state index is 12.7. The molecule has 0 saturated carbocycles. The number of rotatable bonds is 3. The van der Waals surface area contributed by atoms with Crippen molar-refractivity contribution in [3.63, 3.8) is 0 Å². The fourth-order valence-corrected chi connectivity index (χ4v) is 3.72. The third kappa shape index (κ3) is 2.83. The Labute approximate surface area is 161 Å².